The van der Waals surface area contributed by atoms with Crippen LogP contribution in [0.4, 0.5) is 5.95 Å². The van der Waals surface area contributed by atoms with Crippen LogP contribution in [0.1, 0.15) is 4.88 Å². The predicted molar refractivity (Wildman–Crippen MR) is 85.1 cm³/mol. The summed E-state index contributed by atoms with van der Waals surface area (Å²) in [6.45, 7) is 0.951. The molecule has 0 fully saturated rings. The Hall–Kier alpha value is -1.33. The van der Waals surface area contributed by atoms with E-state index in [2.05, 4.69) is 55.4 Å². The highest BCUT2D eigenvalue weighted by Crippen LogP contribution is 2.21. The number of H-pyrrole nitrogens is 1. The Bertz CT molecular complexity index is 656. The van der Waals surface area contributed by atoms with Gasteiger partial charge in [0.1, 0.15) is 0 Å². The summed E-state index contributed by atoms with van der Waals surface area (Å²) >= 11 is 5.27. The lowest BCUT2D eigenvalue weighted by Gasteiger charge is -2.14. The second kappa shape index (κ2) is 5.35. The monoisotopic (exact) mass is 335 g/mol. The summed E-state index contributed by atoms with van der Waals surface area (Å²) in [6, 6.07) is 10.3. The summed E-state index contributed by atoms with van der Waals surface area (Å²) in [7, 11) is 2.07. The highest BCUT2D eigenvalue weighted by atomic mass is 79.9. The van der Waals surface area contributed by atoms with Gasteiger partial charge in [0, 0.05) is 28.3 Å². The number of aromatic amines is 1. The number of nitrogens with one attached hydrogen (secondary N) is 1. The lowest BCUT2D eigenvalue weighted by molar-refractivity contribution is 0.859. The highest BCUT2D eigenvalue weighted by Gasteiger charge is 2.07. The molecule has 3 nitrogen and oxygen atoms in total. The number of benzene rings is 1. The van der Waals surface area contributed by atoms with Crippen LogP contribution in [-0.4, -0.2) is 23.6 Å². The number of aromatic nitrogens is 2. The highest BCUT2D eigenvalue weighted by molar-refractivity contribution is 9.10. The number of hydrogen-bond donors (Lipinski definition) is 1. The van der Waals surface area contributed by atoms with Crippen molar-refractivity contribution in [3.63, 3.8) is 0 Å². The molecule has 1 N–H and O–H groups in total. The smallest absolute Gasteiger partial charge is 0.203 e. The van der Waals surface area contributed by atoms with Crippen LogP contribution in [0.3, 0.4) is 0 Å². The van der Waals surface area contributed by atoms with Gasteiger partial charge < -0.3 is 9.88 Å². The molecule has 19 heavy (non-hydrogen) atoms. The quantitative estimate of drug-likeness (QED) is 0.779. The molecule has 0 aliphatic carbocycles. The van der Waals surface area contributed by atoms with Gasteiger partial charge in [-0.15, -0.1) is 11.3 Å². The summed E-state index contributed by atoms with van der Waals surface area (Å²) < 4.78 is 1.17. The fraction of sp³-hybridized carbons (Fsp3) is 0.214. The van der Waals surface area contributed by atoms with Gasteiger partial charge in [-0.25, -0.2) is 4.98 Å². The van der Waals surface area contributed by atoms with Gasteiger partial charge in [0.05, 0.1) is 11.0 Å². The van der Waals surface area contributed by atoms with E-state index in [0.29, 0.717) is 0 Å². The number of likely N-dealkylation sites (N-methyl/N-ethyl adjacent to an activating group) is 1. The van der Waals surface area contributed by atoms with Crippen molar-refractivity contribution in [2.24, 2.45) is 0 Å². The minimum absolute atomic E-state index is 0.928. The molecular weight excluding hydrogens is 322 g/mol. The second-order valence-electron chi connectivity index (χ2n) is 4.48. The zero-order valence-corrected chi connectivity index (χ0v) is 13.0. The Morgan fingerprint density at radius 2 is 2.21 bits per heavy atom. The van der Waals surface area contributed by atoms with Gasteiger partial charge in [-0.3, -0.25) is 0 Å². The molecule has 0 spiro atoms. The van der Waals surface area contributed by atoms with Crippen LogP contribution in [0.5, 0.6) is 0 Å². The van der Waals surface area contributed by atoms with Crippen LogP contribution in [0.25, 0.3) is 11.0 Å². The summed E-state index contributed by atoms with van der Waals surface area (Å²) in [5, 5.41) is 2.12. The van der Waals surface area contributed by atoms with Crippen molar-refractivity contribution in [1.29, 1.82) is 0 Å². The molecule has 0 aliphatic heterocycles. The number of fused-ring (bicyclic) bond motifs is 1. The Kier molecular flexibility index (Phi) is 3.57. The number of hydrogen-bond acceptors (Lipinski definition) is 3. The van der Waals surface area contributed by atoms with Crippen molar-refractivity contribution in [3.8, 4) is 0 Å². The molecule has 0 atom stereocenters. The van der Waals surface area contributed by atoms with Gasteiger partial charge in [-0.2, -0.15) is 0 Å². The maximum Gasteiger partial charge on any atom is 0.203 e. The first-order valence-electron chi connectivity index (χ1n) is 6.11. The number of thiophene rings is 1. The molecule has 0 bridgehead atoms. The van der Waals surface area contributed by atoms with Crippen molar-refractivity contribution >= 4 is 44.2 Å². The third kappa shape index (κ3) is 2.82. The van der Waals surface area contributed by atoms with Crippen LogP contribution < -0.4 is 4.90 Å². The zero-order chi connectivity index (χ0) is 13.2. The molecule has 1 aromatic carbocycles. The van der Waals surface area contributed by atoms with E-state index in [1.165, 1.54) is 9.35 Å². The topological polar surface area (TPSA) is 31.9 Å². The number of para-hydroxylation sites is 2. The number of rotatable bonds is 4. The fourth-order valence-corrected chi connectivity index (χ4v) is 3.43. The van der Waals surface area contributed by atoms with Gasteiger partial charge in [-0.05, 0) is 40.5 Å². The first kappa shape index (κ1) is 12.7. The standard InChI is InChI=1S/C14H14BrN3S/c1-18(7-6-11-8-10(15)9-19-11)14-16-12-4-2-3-5-13(12)17-14/h2-5,8-9H,6-7H2,1H3,(H,16,17). The Balaban J connectivity index is 1.71. The lowest BCUT2D eigenvalue weighted by Crippen LogP contribution is -2.21. The first-order chi connectivity index (χ1) is 9.22. The maximum atomic E-state index is 4.59. The summed E-state index contributed by atoms with van der Waals surface area (Å²) in [5.74, 6) is 0.928. The van der Waals surface area contributed by atoms with Crippen LogP contribution in [0.15, 0.2) is 40.2 Å². The van der Waals surface area contributed by atoms with Crippen molar-refractivity contribution in [2.75, 3.05) is 18.5 Å². The van der Waals surface area contributed by atoms with Gasteiger partial charge in [0.25, 0.3) is 0 Å². The van der Waals surface area contributed by atoms with Gasteiger partial charge >= 0.3 is 0 Å². The van der Waals surface area contributed by atoms with Crippen molar-refractivity contribution in [3.05, 3.63) is 45.1 Å². The minimum atomic E-state index is 0.928. The van der Waals surface area contributed by atoms with Crippen LogP contribution >= 0.6 is 27.3 Å². The average Bonchev–Trinajstić information content (AvgIpc) is 3.01. The first-order valence-corrected chi connectivity index (χ1v) is 7.78. The number of anilines is 1. The van der Waals surface area contributed by atoms with E-state index in [-0.39, 0.29) is 0 Å². The predicted octanol–water partition coefficient (Wildman–Crippen LogP) is 4.07. The normalized spacial score (nSPS) is 11.1. The van der Waals surface area contributed by atoms with E-state index in [1.54, 1.807) is 11.3 Å². The molecule has 2 aromatic heterocycles. The van der Waals surface area contributed by atoms with Crippen molar-refractivity contribution < 1.29 is 0 Å². The molecule has 98 valence electrons. The summed E-state index contributed by atoms with van der Waals surface area (Å²) in [4.78, 5) is 11.5. The van der Waals surface area contributed by atoms with E-state index in [0.717, 1.165) is 29.9 Å². The SMILES string of the molecule is CN(CCc1cc(Br)cs1)c1nc2ccccc2[nH]1. The Morgan fingerprint density at radius 3 is 2.95 bits per heavy atom. The van der Waals surface area contributed by atoms with E-state index in [4.69, 9.17) is 0 Å². The molecule has 3 rings (SSSR count). The third-order valence-electron chi connectivity index (χ3n) is 3.05. The molecule has 0 radical (unpaired) electrons. The molecule has 0 amide bonds. The van der Waals surface area contributed by atoms with Crippen LogP contribution in [0, 0.1) is 0 Å². The third-order valence-corrected chi connectivity index (χ3v) is 4.81. The van der Waals surface area contributed by atoms with E-state index in [1.807, 2.05) is 18.2 Å². The Labute approximate surface area is 124 Å². The van der Waals surface area contributed by atoms with Crippen molar-refractivity contribution in [1.82, 2.24) is 9.97 Å². The second-order valence-corrected chi connectivity index (χ2v) is 6.39. The van der Waals surface area contributed by atoms with E-state index >= 15 is 0 Å². The average molecular weight is 336 g/mol. The lowest BCUT2D eigenvalue weighted by atomic mass is 10.3. The summed E-state index contributed by atoms with van der Waals surface area (Å²) in [5.41, 5.74) is 2.10. The number of nitrogens with zero attached hydrogens (tertiary/aromatic N) is 2. The molecule has 0 saturated carbocycles. The molecular formula is C14H14BrN3S. The molecule has 0 aliphatic rings. The van der Waals surface area contributed by atoms with E-state index < -0.39 is 0 Å². The molecule has 2 heterocycles. The minimum Gasteiger partial charge on any atom is -0.345 e. The number of imidazole rings is 1. The van der Waals surface area contributed by atoms with Crippen molar-refractivity contribution in [2.45, 2.75) is 6.42 Å². The molecule has 5 heteroatoms. The van der Waals surface area contributed by atoms with Gasteiger partial charge in [0.15, 0.2) is 0 Å². The zero-order valence-electron chi connectivity index (χ0n) is 10.6. The largest absolute Gasteiger partial charge is 0.345 e. The molecule has 3 aromatic rings. The van der Waals surface area contributed by atoms with Crippen LogP contribution in [-0.2, 0) is 6.42 Å². The fourth-order valence-electron chi connectivity index (χ4n) is 1.99. The van der Waals surface area contributed by atoms with E-state index in [9.17, 15) is 0 Å². The van der Waals surface area contributed by atoms with Gasteiger partial charge in [-0.1, -0.05) is 12.1 Å². The Morgan fingerprint density at radius 1 is 1.37 bits per heavy atom. The molecule has 0 saturated heterocycles. The summed E-state index contributed by atoms with van der Waals surface area (Å²) in [6.07, 6.45) is 1.03. The molecule has 0 unspecified atom stereocenters. The maximum absolute atomic E-state index is 4.59. The number of halogens is 1. The van der Waals surface area contributed by atoms with Gasteiger partial charge in [0.2, 0.25) is 5.95 Å². The van der Waals surface area contributed by atoms with Crippen LogP contribution in [0.2, 0.25) is 0 Å².